The summed E-state index contributed by atoms with van der Waals surface area (Å²) in [7, 11) is 2.03. The lowest BCUT2D eigenvalue weighted by atomic mass is 10.2. The van der Waals surface area contributed by atoms with Crippen molar-refractivity contribution in [3.05, 3.63) is 20.8 Å². The molecule has 118 valence electrons. The largest absolute Gasteiger partial charge is 0.383 e. The van der Waals surface area contributed by atoms with Crippen LogP contribution < -0.4 is 22.3 Å². The summed E-state index contributed by atoms with van der Waals surface area (Å²) < 4.78 is 7.00. The average molecular weight is 297 g/mol. The second-order valence-corrected chi connectivity index (χ2v) is 5.31. The Bertz CT molecular complexity index is 594. The lowest BCUT2D eigenvalue weighted by Gasteiger charge is -2.30. The highest BCUT2D eigenvalue weighted by Crippen LogP contribution is 2.11. The molecule has 1 aromatic rings. The van der Waals surface area contributed by atoms with Gasteiger partial charge in [0.1, 0.15) is 11.5 Å². The Balaban J connectivity index is 2.14. The first-order valence-corrected chi connectivity index (χ1v) is 7.19. The van der Waals surface area contributed by atoms with Crippen LogP contribution in [0.1, 0.15) is 13.3 Å². The fraction of sp³-hybridized carbons (Fsp3) is 0.692. The quantitative estimate of drug-likeness (QED) is 0.662. The van der Waals surface area contributed by atoms with Crippen LogP contribution in [0.15, 0.2) is 9.59 Å². The number of nitrogen functional groups attached to an aromatic ring is 1. The normalized spacial score (nSPS) is 19.6. The Morgan fingerprint density at radius 2 is 2.24 bits per heavy atom. The van der Waals surface area contributed by atoms with Crippen LogP contribution in [0.5, 0.6) is 0 Å². The number of ether oxygens (including phenoxy) is 1. The monoisotopic (exact) mass is 297 g/mol. The third-order valence-corrected chi connectivity index (χ3v) is 3.54. The summed E-state index contributed by atoms with van der Waals surface area (Å²) >= 11 is 0. The van der Waals surface area contributed by atoms with Crippen molar-refractivity contribution in [1.82, 2.24) is 14.5 Å². The fourth-order valence-corrected chi connectivity index (χ4v) is 2.41. The molecule has 1 aromatic heterocycles. The van der Waals surface area contributed by atoms with Gasteiger partial charge in [-0.2, -0.15) is 0 Å². The summed E-state index contributed by atoms with van der Waals surface area (Å²) in [4.78, 5) is 28.1. The van der Waals surface area contributed by atoms with E-state index >= 15 is 0 Å². The molecule has 2 rings (SSSR count). The van der Waals surface area contributed by atoms with Gasteiger partial charge in [0.15, 0.2) is 0 Å². The minimum absolute atomic E-state index is 0.00546. The van der Waals surface area contributed by atoms with E-state index in [9.17, 15) is 9.59 Å². The smallest absolute Gasteiger partial charge is 0.330 e. The number of nitrogens with zero attached hydrogens (tertiary/aromatic N) is 2. The van der Waals surface area contributed by atoms with Gasteiger partial charge in [0.25, 0.3) is 5.56 Å². The summed E-state index contributed by atoms with van der Waals surface area (Å²) in [5.41, 5.74) is 5.21. The lowest BCUT2D eigenvalue weighted by molar-refractivity contribution is -0.0117. The molecule has 0 saturated carbocycles. The molecule has 0 amide bonds. The third-order valence-electron chi connectivity index (χ3n) is 3.54. The predicted octanol–water partition coefficient (Wildman–Crippen LogP) is -0.729. The molecule has 1 aliphatic heterocycles. The molecule has 0 radical (unpaired) electrons. The van der Waals surface area contributed by atoms with Crippen LogP contribution in [-0.4, -0.2) is 53.8 Å². The third kappa shape index (κ3) is 3.64. The van der Waals surface area contributed by atoms with E-state index in [0.717, 1.165) is 19.5 Å². The Morgan fingerprint density at radius 3 is 2.90 bits per heavy atom. The number of nitrogens with one attached hydrogen (secondary N) is 2. The topological polar surface area (TPSA) is 105 Å². The van der Waals surface area contributed by atoms with Crippen molar-refractivity contribution >= 4 is 11.5 Å². The highest BCUT2D eigenvalue weighted by Gasteiger charge is 2.19. The van der Waals surface area contributed by atoms with Crippen LogP contribution in [-0.2, 0) is 11.3 Å². The highest BCUT2D eigenvalue weighted by molar-refractivity contribution is 5.60. The van der Waals surface area contributed by atoms with Gasteiger partial charge >= 0.3 is 5.69 Å². The molecular formula is C13H23N5O3. The zero-order chi connectivity index (χ0) is 15.4. The van der Waals surface area contributed by atoms with Gasteiger partial charge in [-0.25, -0.2) is 4.79 Å². The number of aromatic nitrogens is 2. The number of nitrogens with two attached hydrogens (primary N) is 1. The Kier molecular flexibility index (Phi) is 5.03. The van der Waals surface area contributed by atoms with E-state index < -0.39 is 11.2 Å². The molecule has 2 heterocycles. The molecular weight excluding hydrogens is 274 g/mol. The molecule has 4 N–H and O–H groups in total. The molecule has 8 heteroatoms. The van der Waals surface area contributed by atoms with E-state index in [1.165, 1.54) is 4.57 Å². The van der Waals surface area contributed by atoms with E-state index in [0.29, 0.717) is 19.7 Å². The summed E-state index contributed by atoms with van der Waals surface area (Å²) in [6.45, 7) is 5.25. The van der Waals surface area contributed by atoms with Crippen molar-refractivity contribution in [3.8, 4) is 0 Å². The molecule has 1 atom stereocenters. The van der Waals surface area contributed by atoms with Gasteiger partial charge in [-0.3, -0.25) is 14.3 Å². The van der Waals surface area contributed by atoms with E-state index in [1.54, 1.807) is 0 Å². The van der Waals surface area contributed by atoms with Crippen molar-refractivity contribution in [2.45, 2.75) is 26.0 Å². The summed E-state index contributed by atoms with van der Waals surface area (Å²) in [6, 6.07) is 0. The standard InChI is InChI=1S/C13H23N5O3/c1-3-4-18-11(14)10(12(19)16-13(18)20)15-7-9-8-17(2)5-6-21-9/h9,15H,3-8,14H2,1-2H3,(H,16,19,20). The first-order valence-electron chi connectivity index (χ1n) is 7.19. The number of likely N-dealkylation sites (N-methyl/N-ethyl adjacent to an activating group) is 1. The van der Waals surface area contributed by atoms with Crippen molar-refractivity contribution in [2.75, 3.05) is 44.3 Å². The van der Waals surface area contributed by atoms with Gasteiger partial charge in [0, 0.05) is 26.2 Å². The summed E-state index contributed by atoms with van der Waals surface area (Å²) in [6.07, 6.45) is 0.751. The zero-order valence-electron chi connectivity index (χ0n) is 12.5. The first-order chi connectivity index (χ1) is 10.0. The molecule has 0 aliphatic carbocycles. The van der Waals surface area contributed by atoms with Crippen LogP contribution in [0, 0.1) is 0 Å². The highest BCUT2D eigenvalue weighted by atomic mass is 16.5. The van der Waals surface area contributed by atoms with Crippen LogP contribution in [0.25, 0.3) is 0 Å². The maximum absolute atomic E-state index is 11.9. The van der Waals surface area contributed by atoms with Crippen LogP contribution in [0.2, 0.25) is 0 Å². The molecule has 1 saturated heterocycles. The second-order valence-electron chi connectivity index (χ2n) is 5.31. The van der Waals surface area contributed by atoms with Crippen molar-refractivity contribution in [3.63, 3.8) is 0 Å². The van der Waals surface area contributed by atoms with Gasteiger partial charge < -0.3 is 20.7 Å². The molecule has 1 fully saturated rings. The number of H-pyrrole nitrogens is 1. The van der Waals surface area contributed by atoms with E-state index in [2.05, 4.69) is 15.2 Å². The van der Waals surface area contributed by atoms with Crippen molar-refractivity contribution < 1.29 is 4.74 Å². The SMILES string of the molecule is CCCn1c(N)c(NCC2CN(C)CCO2)c(=O)[nH]c1=O. The van der Waals surface area contributed by atoms with Gasteiger partial charge in [0.05, 0.1) is 12.7 Å². The van der Waals surface area contributed by atoms with Gasteiger partial charge in [-0.15, -0.1) is 0 Å². The predicted molar refractivity (Wildman–Crippen MR) is 81.8 cm³/mol. The minimum atomic E-state index is -0.492. The average Bonchev–Trinajstić information content (AvgIpc) is 2.43. The molecule has 8 nitrogen and oxygen atoms in total. The van der Waals surface area contributed by atoms with Crippen LogP contribution in [0.3, 0.4) is 0 Å². The maximum Gasteiger partial charge on any atom is 0.330 e. The zero-order valence-corrected chi connectivity index (χ0v) is 12.5. The number of hydrogen-bond acceptors (Lipinski definition) is 6. The van der Waals surface area contributed by atoms with Gasteiger partial charge in [-0.05, 0) is 13.5 Å². The van der Waals surface area contributed by atoms with Crippen molar-refractivity contribution in [2.24, 2.45) is 0 Å². The molecule has 21 heavy (non-hydrogen) atoms. The molecule has 0 aromatic carbocycles. The summed E-state index contributed by atoms with van der Waals surface area (Å²) in [5, 5.41) is 3.02. The molecule has 1 aliphatic rings. The van der Waals surface area contributed by atoms with Gasteiger partial charge in [0.2, 0.25) is 0 Å². The number of morpholine rings is 1. The fourth-order valence-electron chi connectivity index (χ4n) is 2.41. The lowest BCUT2D eigenvalue weighted by Crippen LogP contribution is -2.44. The number of rotatable bonds is 5. The minimum Gasteiger partial charge on any atom is -0.383 e. The van der Waals surface area contributed by atoms with E-state index in [-0.39, 0.29) is 17.6 Å². The Morgan fingerprint density at radius 1 is 1.48 bits per heavy atom. The van der Waals surface area contributed by atoms with Crippen LogP contribution in [0.4, 0.5) is 11.5 Å². The Hall–Kier alpha value is -1.80. The molecule has 0 spiro atoms. The van der Waals surface area contributed by atoms with E-state index in [1.807, 2.05) is 14.0 Å². The maximum atomic E-state index is 11.9. The Labute approximate surface area is 122 Å². The number of hydrogen-bond donors (Lipinski definition) is 3. The molecule has 1 unspecified atom stereocenters. The molecule has 0 bridgehead atoms. The van der Waals surface area contributed by atoms with Gasteiger partial charge in [-0.1, -0.05) is 6.92 Å². The first kappa shape index (κ1) is 15.6. The van der Waals surface area contributed by atoms with Crippen molar-refractivity contribution in [1.29, 1.82) is 0 Å². The second kappa shape index (κ2) is 6.77. The van der Waals surface area contributed by atoms with Crippen LogP contribution >= 0.6 is 0 Å². The number of anilines is 2. The van der Waals surface area contributed by atoms with E-state index in [4.69, 9.17) is 10.5 Å². The number of aromatic amines is 1. The summed E-state index contributed by atoms with van der Waals surface area (Å²) in [5.74, 6) is 0.176.